The third-order valence-electron chi connectivity index (χ3n) is 8.06. The minimum Gasteiger partial charge on any atom is -0.330 e. The SMILES string of the molecule is C=CC[C@@]1(C)C[C@H](c2cccc(Cl)c2)[C@@H](c2ccc(Cl)cc2)N([C@@H](CC)CNS(=O)(=O)C2CCC2)C1=O. The normalized spacial score (nSPS) is 25.5. The average Bonchev–Trinajstić information content (AvgIpc) is 2.81. The number of benzene rings is 2. The molecule has 0 spiro atoms. The molecule has 1 aliphatic carbocycles. The molecule has 8 heteroatoms. The molecule has 0 aromatic heterocycles. The highest BCUT2D eigenvalue weighted by Crippen LogP contribution is 2.52. The first-order chi connectivity index (χ1) is 17.6. The maximum atomic E-state index is 14.3. The van der Waals surface area contributed by atoms with E-state index in [0.29, 0.717) is 42.1 Å². The quantitative estimate of drug-likeness (QED) is 0.321. The number of nitrogens with one attached hydrogen (secondary N) is 1. The average molecular weight is 564 g/mol. The summed E-state index contributed by atoms with van der Waals surface area (Å²) < 4.78 is 28.6. The van der Waals surface area contributed by atoms with Crippen LogP contribution in [0.1, 0.15) is 75.5 Å². The van der Waals surface area contributed by atoms with Crippen molar-refractivity contribution in [1.82, 2.24) is 9.62 Å². The zero-order valence-electron chi connectivity index (χ0n) is 21.5. The zero-order valence-corrected chi connectivity index (χ0v) is 23.8. The van der Waals surface area contributed by atoms with E-state index in [1.807, 2.05) is 61.2 Å². The standard InChI is InChI=1S/C29H36Cl2N2O3S/c1-4-16-29(3)18-26(21-8-6-9-23(31)17-21)27(20-12-14-22(30)15-13-20)33(28(29)34)24(5-2)19-32-37(35,36)25-10-7-11-25/h4,6,8-9,12-15,17,24-27,32H,1,5,7,10-11,16,18-19H2,2-3H3/t24-,26+,27+,29-/m0/s1. The van der Waals surface area contributed by atoms with Crippen molar-refractivity contribution in [2.75, 3.05) is 6.54 Å². The molecular formula is C29H36Cl2N2O3S. The van der Waals surface area contributed by atoms with Gasteiger partial charge >= 0.3 is 0 Å². The van der Waals surface area contributed by atoms with Gasteiger partial charge in [-0.15, -0.1) is 6.58 Å². The van der Waals surface area contributed by atoms with E-state index in [2.05, 4.69) is 17.4 Å². The molecule has 0 bridgehead atoms. The lowest BCUT2D eigenvalue weighted by Crippen LogP contribution is -2.58. The van der Waals surface area contributed by atoms with E-state index in [9.17, 15) is 13.2 Å². The molecule has 2 aliphatic rings. The fourth-order valence-electron chi connectivity index (χ4n) is 5.74. The van der Waals surface area contributed by atoms with Crippen LogP contribution in [0.4, 0.5) is 0 Å². The molecule has 1 N–H and O–H groups in total. The van der Waals surface area contributed by atoms with Crippen molar-refractivity contribution in [3.05, 3.63) is 82.4 Å². The number of halogens is 2. The molecule has 2 fully saturated rings. The summed E-state index contributed by atoms with van der Waals surface area (Å²) in [6.45, 7) is 8.10. The Labute approximate surface area is 231 Å². The summed E-state index contributed by atoms with van der Waals surface area (Å²) in [5, 5.41) is 0.925. The van der Waals surface area contributed by atoms with Crippen LogP contribution in [-0.2, 0) is 14.8 Å². The second-order valence-corrected chi connectivity index (χ2v) is 13.6. The lowest BCUT2D eigenvalue weighted by molar-refractivity contribution is -0.154. The second-order valence-electron chi connectivity index (χ2n) is 10.6. The van der Waals surface area contributed by atoms with Gasteiger partial charge in [0.1, 0.15) is 0 Å². The summed E-state index contributed by atoms with van der Waals surface area (Å²) in [6, 6.07) is 14.8. The lowest BCUT2D eigenvalue weighted by atomic mass is 9.67. The summed E-state index contributed by atoms with van der Waals surface area (Å²) in [6.07, 6.45) is 5.87. The number of sulfonamides is 1. The number of carbonyl (C=O) groups excluding carboxylic acids is 1. The molecule has 1 aliphatic heterocycles. The van der Waals surface area contributed by atoms with Crippen molar-refractivity contribution in [2.24, 2.45) is 5.41 Å². The van der Waals surface area contributed by atoms with Crippen LogP contribution in [0.5, 0.6) is 0 Å². The fraction of sp³-hybridized carbons (Fsp3) is 0.483. The topological polar surface area (TPSA) is 66.5 Å². The van der Waals surface area contributed by atoms with Crippen LogP contribution in [0, 0.1) is 5.41 Å². The minimum atomic E-state index is -3.42. The largest absolute Gasteiger partial charge is 0.330 e. The van der Waals surface area contributed by atoms with E-state index in [-0.39, 0.29) is 35.7 Å². The maximum Gasteiger partial charge on any atom is 0.229 e. The van der Waals surface area contributed by atoms with E-state index in [4.69, 9.17) is 23.2 Å². The van der Waals surface area contributed by atoms with Crippen molar-refractivity contribution in [3.63, 3.8) is 0 Å². The maximum absolute atomic E-state index is 14.3. The van der Waals surface area contributed by atoms with Crippen molar-refractivity contribution in [3.8, 4) is 0 Å². The van der Waals surface area contributed by atoms with Gasteiger partial charge in [0.15, 0.2) is 0 Å². The molecular weight excluding hydrogens is 527 g/mol. The number of amides is 1. The number of hydrogen-bond acceptors (Lipinski definition) is 3. The fourth-order valence-corrected chi connectivity index (χ4v) is 7.68. The Balaban J connectivity index is 1.80. The van der Waals surface area contributed by atoms with Crippen molar-refractivity contribution < 1.29 is 13.2 Å². The van der Waals surface area contributed by atoms with Gasteiger partial charge in [0, 0.05) is 28.5 Å². The van der Waals surface area contributed by atoms with Gasteiger partial charge in [0.25, 0.3) is 0 Å². The molecule has 200 valence electrons. The van der Waals surface area contributed by atoms with Gasteiger partial charge in [-0.25, -0.2) is 13.1 Å². The van der Waals surface area contributed by atoms with Gasteiger partial charge in [0.05, 0.1) is 16.7 Å². The Kier molecular flexibility index (Phi) is 8.74. The predicted molar refractivity (Wildman–Crippen MR) is 151 cm³/mol. The van der Waals surface area contributed by atoms with Crippen molar-refractivity contribution in [1.29, 1.82) is 0 Å². The number of hydrogen-bond donors (Lipinski definition) is 1. The van der Waals surface area contributed by atoms with Crippen molar-refractivity contribution in [2.45, 2.75) is 75.6 Å². The Hall–Kier alpha value is -1.86. The summed E-state index contributed by atoms with van der Waals surface area (Å²) >= 11 is 12.7. The third kappa shape index (κ3) is 5.93. The molecule has 37 heavy (non-hydrogen) atoms. The van der Waals surface area contributed by atoms with Crippen molar-refractivity contribution >= 4 is 39.1 Å². The van der Waals surface area contributed by atoms with Gasteiger partial charge in [-0.05, 0) is 67.5 Å². The van der Waals surface area contributed by atoms with Gasteiger partial charge in [-0.3, -0.25) is 4.79 Å². The van der Waals surface area contributed by atoms with Gasteiger partial charge in [0.2, 0.25) is 15.9 Å². The number of carbonyl (C=O) groups is 1. The molecule has 1 saturated carbocycles. The molecule has 2 aromatic rings. The first kappa shape index (κ1) is 28.2. The Bertz CT molecular complexity index is 1230. The van der Waals surface area contributed by atoms with Gasteiger partial charge in [-0.1, -0.05) is 73.8 Å². The molecule has 1 amide bonds. The van der Waals surface area contributed by atoms with Crippen LogP contribution in [0.2, 0.25) is 10.0 Å². The van der Waals surface area contributed by atoms with E-state index < -0.39 is 15.4 Å². The predicted octanol–water partition coefficient (Wildman–Crippen LogP) is 6.88. The smallest absolute Gasteiger partial charge is 0.229 e. The first-order valence-corrected chi connectivity index (χ1v) is 15.3. The lowest BCUT2D eigenvalue weighted by Gasteiger charge is -2.52. The van der Waals surface area contributed by atoms with Gasteiger partial charge < -0.3 is 4.90 Å². The minimum absolute atomic E-state index is 0.0142. The monoisotopic (exact) mass is 562 g/mol. The zero-order chi connectivity index (χ0) is 26.8. The summed E-state index contributed by atoms with van der Waals surface area (Å²) in [4.78, 5) is 16.2. The van der Waals surface area contributed by atoms with Crippen LogP contribution in [0.15, 0.2) is 61.2 Å². The molecule has 5 nitrogen and oxygen atoms in total. The van der Waals surface area contributed by atoms with Crippen LogP contribution in [0.3, 0.4) is 0 Å². The van der Waals surface area contributed by atoms with Gasteiger partial charge in [-0.2, -0.15) is 0 Å². The molecule has 4 rings (SSSR count). The van der Waals surface area contributed by atoms with E-state index in [0.717, 1.165) is 17.5 Å². The van der Waals surface area contributed by atoms with Crippen LogP contribution in [-0.4, -0.2) is 37.1 Å². The second kappa shape index (κ2) is 11.5. The summed E-state index contributed by atoms with van der Waals surface area (Å²) in [5.41, 5.74) is 1.33. The number of allylic oxidation sites excluding steroid dienone is 1. The molecule has 4 atom stereocenters. The van der Waals surface area contributed by atoms with E-state index in [1.165, 1.54) is 0 Å². The molecule has 1 heterocycles. The van der Waals surface area contributed by atoms with Crippen LogP contribution >= 0.6 is 23.2 Å². The van der Waals surface area contributed by atoms with Crippen LogP contribution < -0.4 is 4.72 Å². The number of nitrogens with zero attached hydrogens (tertiary/aromatic N) is 1. The Morgan fingerprint density at radius 3 is 2.41 bits per heavy atom. The Morgan fingerprint density at radius 2 is 1.84 bits per heavy atom. The summed E-state index contributed by atoms with van der Waals surface area (Å²) in [5.74, 6) is -0.0415. The number of piperidine rings is 1. The molecule has 0 radical (unpaired) electrons. The highest BCUT2D eigenvalue weighted by atomic mass is 35.5. The molecule has 1 saturated heterocycles. The van der Waals surface area contributed by atoms with E-state index >= 15 is 0 Å². The van der Waals surface area contributed by atoms with Crippen LogP contribution in [0.25, 0.3) is 0 Å². The highest BCUT2D eigenvalue weighted by molar-refractivity contribution is 7.90. The van der Waals surface area contributed by atoms with E-state index in [1.54, 1.807) is 6.08 Å². The first-order valence-electron chi connectivity index (χ1n) is 13.0. The Morgan fingerprint density at radius 1 is 1.14 bits per heavy atom. The molecule has 2 aromatic carbocycles. The number of likely N-dealkylation sites (tertiary alicyclic amines) is 1. The highest BCUT2D eigenvalue weighted by Gasteiger charge is 2.51. The number of rotatable bonds is 10. The third-order valence-corrected chi connectivity index (χ3v) is 10.5. The summed E-state index contributed by atoms with van der Waals surface area (Å²) in [7, 11) is -3.42. The molecule has 0 unspecified atom stereocenters.